The average molecular weight is 275 g/mol. The van der Waals surface area contributed by atoms with Crippen molar-refractivity contribution < 1.29 is 19.1 Å². The molecule has 3 rings (SSSR count). The van der Waals surface area contributed by atoms with Crippen molar-refractivity contribution in [2.24, 2.45) is 5.73 Å². The molecule has 0 aliphatic carbocycles. The number of imide groups is 1. The van der Waals surface area contributed by atoms with Gasteiger partial charge in [-0.1, -0.05) is 18.2 Å². The van der Waals surface area contributed by atoms with Gasteiger partial charge in [-0.2, -0.15) is 0 Å². The van der Waals surface area contributed by atoms with Gasteiger partial charge in [0.15, 0.2) is 5.54 Å². The van der Waals surface area contributed by atoms with Crippen molar-refractivity contribution in [2.45, 2.75) is 12.0 Å². The lowest BCUT2D eigenvalue weighted by molar-refractivity contribution is -0.135. The molecule has 1 saturated heterocycles. The molecule has 2 heterocycles. The summed E-state index contributed by atoms with van der Waals surface area (Å²) in [7, 11) is 0. The summed E-state index contributed by atoms with van der Waals surface area (Å²) in [6.07, 6.45) is 0.323. The number of nitrogens with zero attached hydrogens (tertiary/aromatic N) is 1. The van der Waals surface area contributed by atoms with E-state index in [0.717, 1.165) is 4.90 Å². The normalized spacial score (nSPS) is 24.3. The van der Waals surface area contributed by atoms with Crippen LogP contribution in [0.5, 0.6) is 5.75 Å². The number of nitrogens with one attached hydrogen (secondary N) is 1. The zero-order valence-electron chi connectivity index (χ0n) is 10.6. The predicted octanol–water partition coefficient (Wildman–Crippen LogP) is -0.298. The van der Waals surface area contributed by atoms with Gasteiger partial charge in [0, 0.05) is 12.0 Å². The minimum absolute atomic E-state index is 0.313. The monoisotopic (exact) mass is 275 g/mol. The summed E-state index contributed by atoms with van der Waals surface area (Å²) in [4.78, 5) is 36.4. The molecule has 1 atom stereocenters. The van der Waals surface area contributed by atoms with E-state index in [0.29, 0.717) is 24.3 Å². The van der Waals surface area contributed by atoms with Gasteiger partial charge in [0.05, 0.1) is 6.61 Å². The molecule has 0 bridgehead atoms. The summed E-state index contributed by atoms with van der Waals surface area (Å²) in [6, 6.07) is 6.43. The summed E-state index contributed by atoms with van der Waals surface area (Å²) < 4.78 is 5.50. The van der Waals surface area contributed by atoms with Crippen LogP contribution in [0.25, 0.3) is 0 Å². The molecule has 20 heavy (non-hydrogen) atoms. The van der Waals surface area contributed by atoms with E-state index >= 15 is 0 Å². The van der Waals surface area contributed by atoms with Gasteiger partial charge in [-0.05, 0) is 6.07 Å². The maximum atomic E-state index is 12.6. The number of primary amides is 1. The Balaban J connectivity index is 2.05. The van der Waals surface area contributed by atoms with Crippen molar-refractivity contribution >= 4 is 17.8 Å². The Morgan fingerprint density at radius 2 is 2.15 bits per heavy atom. The number of nitrogens with two attached hydrogens (primary N) is 1. The third-order valence-electron chi connectivity index (χ3n) is 3.57. The summed E-state index contributed by atoms with van der Waals surface area (Å²) >= 11 is 0. The first kappa shape index (κ1) is 12.5. The van der Waals surface area contributed by atoms with Gasteiger partial charge in [-0.3, -0.25) is 14.5 Å². The highest BCUT2D eigenvalue weighted by atomic mass is 16.5. The van der Waals surface area contributed by atoms with E-state index in [1.165, 1.54) is 0 Å². The topological polar surface area (TPSA) is 102 Å². The number of amides is 4. The highest BCUT2D eigenvalue weighted by molar-refractivity contribution is 6.09. The second kappa shape index (κ2) is 4.22. The minimum atomic E-state index is -1.15. The summed E-state index contributed by atoms with van der Waals surface area (Å²) in [5, 5.41) is 2.68. The van der Waals surface area contributed by atoms with Gasteiger partial charge in [0.1, 0.15) is 12.3 Å². The van der Waals surface area contributed by atoms with Gasteiger partial charge < -0.3 is 15.8 Å². The van der Waals surface area contributed by atoms with Gasteiger partial charge in [0.25, 0.3) is 5.91 Å². The Kier molecular flexibility index (Phi) is 2.63. The Morgan fingerprint density at radius 1 is 1.40 bits per heavy atom. The Hall–Kier alpha value is -2.57. The van der Waals surface area contributed by atoms with Crippen LogP contribution in [0.2, 0.25) is 0 Å². The fourth-order valence-corrected chi connectivity index (χ4v) is 2.67. The molecule has 0 unspecified atom stereocenters. The molecule has 0 aromatic heterocycles. The van der Waals surface area contributed by atoms with E-state index in [2.05, 4.69) is 5.32 Å². The molecule has 2 aliphatic heterocycles. The van der Waals surface area contributed by atoms with Crippen molar-refractivity contribution in [3.05, 3.63) is 29.8 Å². The zero-order valence-corrected chi connectivity index (χ0v) is 10.6. The number of para-hydroxylation sites is 1. The van der Waals surface area contributed by atoms with E-state index in [4.69, 9.17) is 10.5 Å². The first-order chi connectivity index (χ1) is 9.54. The first-order valence-corrected chi connectivity index (χ1v) is 6.19. The van der Waals surface area contributed by atoms with Crippen LogP contribution in [0, 0.1) is 0 Å². The smallest absolute Gasteiger partial charge is 0.325 e. The van der Waals surface area contributed by atoms with Crippen LogP contribution in [-0.4, -0.2) is 35.9 Å². The van der Waals surface area contributed by atoms with Crippen LogP contribution >= 0.6 is 0 Å². The van der Waals surface area contributed by atoms with Crippen LogP contribution in [0.3, 0.4) is 0 Å². The summed E-state index contributed by atoms with van der Waals surface area (Å²) in [5.41, 5.74) is 4.53. The van der Waals surface area contributed by atoms with Crippen molar-refractivity contribution in [2.75, 3.05) is 13.2 Å². The van der Waals surface area contributed by atoms with Gasteiger partial charge >= 0.3 is 6.03 Å². The SMILES string of the molecule is NC(=O)CN1C(=O)N[C@]2(CCOc3ccccc32)C1=O. The van der Waals surface area contributed by atoms with E-state index in [1.54, 1.807) is 24.3 Å². The van der Waals surface area contributed by atoms with Crippen molar-refractivity contribution in [1.29, 1.82) is 0 Å². The van der Waals surface area contributed by atoms with Gasteiger partial charge in [-0.15, -0.1) is 0 Å². The van der Waals surface area contributed by atoms with Crippen molar-refractivity contribution in [1.82, 2.24) is 10.2 Å². The molecule has 1 aromatic carbocycles. The molecule has 3 N–H and O–H groups in total. The molecule has 2 aliphatic rings. The molecule has 1 aromatic rings. The Bertz CT molecular complexity index is 615. The highest BCUT2D eigenvalue weighted by Gasteiger charge is 2.54. The number of hydrogen-bond donors (Lipinski definition) is 2. The second-order valence-corrected chi connectivity index (χ2v) is 4.79. The number of benzene rings is 1. The van der Waals surface area contributed by atoms with Gasteiger partial charge in [0.2, 0.25) is 5.91 Å². The number of carbonyl (C=O) groups is 3. The largest absolute Gasteiger partial charge is 0.493 e. The summed E-state index contributed by atoms with van der Waals surface area (Å²) in [6.45, 7) is -0.108. The van der Waals surface area contributed by atoms with E-state index in [9.17, 15) is 14.4 Å². The highest BCUT2D eigenvalue weighted by Crippen LogP contribution is 2.40. The third kappa shape index (κ3) is 1.63. The quantitative estimate of drug-likeness (QED) is 0.723. The lowest BCUT2D eigenvalue weighted by Crippen LogP contribution is -2.48. The number of urea groups is 1. The van der Waals surface area contributed by atoms with E-state index in [-0.39, 0.29) is 0 Å². The molecule has 104 valence electrons. The Labute approximate surface area is 114 Å². The fourth-order valence-electron chi connectivity index (χ4n) is 2.67. The molecule has 0 radical (unpaired) electrons. The number of hydrogen-bond acceptors (Lipinski definition) is 4. The van der Waals surface area contributed by atoms with Crippen molar-refractivity contribution in [3.63, 3.8) is 0 Å². The molecule has 0 saturated carbocycles. The number of ether oxygens (including phenoxy) is 1. The lowest BCUT2D eigenvalue weighted by atomic mass is 9.84. The number of carbonyl (C=O) groups excluding carboxylic acids is 3. The maximum absolute atomic E-state index is 12.6. The first-order valence-electron chi connectivity index (χ1n) is 6.19. The van der Waals surface area contributed by atoms with Crippen LogP contribution in [0.15, 0.2) is 24.3 Å². The molecule has 4 amide bonds. The van der Waals surface area contributed by atoms with E-state index < -0.39 is 29.9 Å². The van der Waals surface area contributed by atoms with Crippen LogP contribution in [-0.2, 0) is 15.1 Å². The average Bonchev–Trinajstić information content (AvgIpc) is 2.64. The maximum Gasteiger partial charge on any atom is 0.325 e. The van der Waals surface area contributed by atoms with Crippen LogP contribution in [0.1, 0.15) is 12.0 Å². The minimum Gasteiger partial charge on any atom is -0.493 e. The summed E-state index contributed by atoms with van der Waals surface area (Å²) in [5.74, 6) is -0.628. The Morgan fingerprint density at radius 3 is 2.90 bits per heavy atom. The van der Waals surface area contributed by atoms with E-state index in [1.807, 2.05) is 0 Å². The number of rotatable bonds is 2. The molecule has 7 heteroatoms. The zero-order chi connectivity index (χ0) is 14.3. The third-order valence-corrected chi connectivity index (χ3v) is 3.57. The molecular formula is C13H13N3O4. The second-order valence-electron chi connectivity index (χ2n) is 4.79. The van der Waals surface area contributed by atoms with Crippen molar-refractivity contribution in [3.8, 4) is 5.75 Å². The van der Waals surface area contributed by atoms with Gasteiger partial charge in [-0.25, -0.2) is 4.79 Å². The van der Waals surface area contributed by atoms with Crippen LogP contribution in [0.4, 0.5) is 4.79 Å². The molecule has 1 fully saturated rings. The standard InChI is InChI=1S/C13H13N3O4/c14-10(17)7-16-11(18)13(15-12(16)19)5-6-20-9-4-2-1-3-8(9)13/h1-4H,5-7H2,(H2,14,17)(H,15,19)/t13-/m0/s1. The molecule has 7 nitrogen and oxygen atoms in total. The van der Waals surface area contributed by atoms with Crippen LogP contribution < -0.4 is 15.8 Å². The molecule has 1 spiro atoms. The fraction of sp³-hybridized carbons (Fsp3) is 0.308. The number of fused-ring (bicyclic) bond motifs is 2. The predicted molar refractivity (Wildman–Crippen MR) is 67.7 cm³/mol. The lowest BCUT2D eigenvalue weighted by Gasteiger charge is -2.33. The molecular weight excluding hydrogens is 262 g/mol.